The Bertz CT molecular complexity index is 1250. The summed E-state index contributed by atoms with van der Waals surface area (Å²) in [5, 5.41) is 0. The van der Waals surface area contributed by atoms with E-state index in [-0.39, 0.29) is 18.4 Å². The second kappa shape index (κ2) is 7.11. The second-order valence-corrected chi connectivity index (χ2v) is 7.07. The highest BCUT2D eigenvalue weighted by atomic mass is 16.5. The first-order valence-corrected chi connectivity index (χ1v) is 9.53. The van der Waals surface area contributed by atoms with Gasteiger partial charge in [0.1, 0.15) is 11.6 Å². The molecule has 0 N–H and O–H groups in total. The van der Waals surface area contributed by atoms with Crippen LogP contribution in [0.1, 0.15) is 32.1 Å². The number of benzene rings is 2. The molecule has 0 radical (unpaired) electrons. The van der Waals surface area contributed by atoms with Gasteiger partial charge in [-0.1, -0.05) is 18.2 Å². The minimum Gasteiger partial charge on any atom is -0.497 e. The van der Waals surface area contributed by atoms with Crippen LogP contribution >= 0.6 is 0 Å². The summed E-state index contributed by atoms with van der Waals surface area (Å²) in [7, 11) is 1.61. The number of hydrogen-bond acceptors (Lipinski definition) is 5. The molecule has 30 heavy (non-hydrogen) atoms. The standard InChI is InChI=1S/C23H18N4O3/c1-30-16-8-9-19-20(11-16)26(13-15-5-4-10-24-12-15)21(25-19)14-27-22(28)17-6-2-3-7-18(17)23(27)29/h2-12H,13-14H2,1H3. The molecule has 0 saturated heterocycles. The summed E-state index contributed by atoms with van der Waals surface area (Å²) in [6.45, 7) is 0.597. The van der Waals surface area contributed by atoms with E-state index in [4.69, 9.17) is 9.72 Å². The molecule has 0 aliphatic carbocycles. The van der Waals surface area contributed by atoms with Crippen molar-refractivity contribution in [2.75, 3.05) is 7.11 Å². The second-order valence-electron chi connectivity index (χ2n) is 7.07. The lowest BCUT2D eigenvalue weighted by molar-refractivity contribution is 0.0637. The number of imidazole rings is 1. The van der Waals surface area contributed by atoms with Gasteiger partial charge in [0.25, 0.3) is 11.8 Å². The maximum absolute atomic E-state index is 12.8. The molecule has 3 heterocycles. The summed E-state index contributed by atoms with van der Waals surface area (Å²) < 4.78 is 7.37. The molecule has 0 spiro atoms. The van der Waals surface area contributed by atoms with E-state index in [1.165, 1.54) is 4.90 Å². The molecule has 2 aromatic heterocycles. The number of carbonyl (C=O) groups excluding carboxylic acids is 2. The maximum atomic E-state index is 12.8. The summed E-state index contributed by atoms with van der Waals surface area (Å²) in [6, 6.07) is 16.4. The van der Waals surface area contributed by atoms with Crippen molar-refractivity contribution in [3.63, 3.8) is 0 Å². The molecular weight excluding hydrogens is 380 g/mol. The van der Waals surface area contributed by atoms with Gasteiger partial charge >= 0.3 is 0 Å². The number of rotatable bonds is 5. The van der Waals surface area contributed by atoms with Crippen LogP contribution in [-0.2, 0) is 13.1 Å². The molecule has 0 atom stereocenters. The van der Waals surface area contributed by atoms with E-state index in [0.717, 1.165) is 16.6 Å². The molecule has 2 amide bonds. The summed E-state index contributed by atoms with van der Waals surface area (Å²) in [6.07, 6.45) is 3.51. The Kier molecular flexibility index (Phi) is 4.28. The minimum absolute atomic E-state index is 0.0869. The van der Waals surface area contributed by atoms with Gasteiger partial charge in [-0.15, -0.1) is 0 Å². The Hall–Kier alpha value is -4.00. The topological polar surface area (TPSA) is 77.3 Å². The third kappa shape index (κ3) is 2.91. The van der Waals surface area contributed by atoms with Crippen LogP contribution < -0.4 is 4.74 Å². The third-order valence-corrected chi connectivity index (χ3v) is 5.28. The first-order chi connectivity index (χ1) is 14.7. The summed E-state index contributed by atoms with van der Waals surface area (Å²) in [5.74, 6) is 0.736. The first-order valence-electron chi connectivity index (χ1n) is 9.53. The molecule has 0 saturated carbocycles. The van der Waals surface area contributed by atoms with Crippen molar-refractivity contribution in [2.24, 2.45) is 0 Å². The predicted molar refractivity (Wildman–Crippen MR) is 110 cm³/mol. The van der Waals surface area contributed by atoms with Crippen LogP contribution in [0.3, 0.4) is 0 Å². The van der Waals surface area contributed by atoms with Crippen LogP contribution in [0.2, 0.25) is 0 Å². The lowest BCUT2D eigenvalue weighted by atomic mass is 10.1. The van der Waals surface area contributed by atoms with Crippen LogP contribution in [0.15, 0.2) is 67.0 Å². The van der Waals surface area contributed by atoms with Crippen molar-refractivity contribution in [3.05, 3.63) is 89.5 Å². The monoisotopic (exact) mass is 398 g/mol. The maximum Gasteiger partial charge on any atom is 0.261 e. The molecule has 4 aromatic rings. The third-order valence-electron chi connectivity index (χ3n) is 5.28. The Morgan fingerprint density at radius 3 is 2.37 bits per heavy atom. The molecule has 7 heteroatoms. The van der Waals surface area contributed by atoms with Crippen molar-refractivity contribution < 1.29 is 14.3 Å². The predicted octanol–water partition coefficient (Wildman–Crippen LogP) is 3.28. The van der Waals surface area contributed by atoms with Gasteiger partial charge < -0.3 is 9.30 Å². The van der Waals surface area contributed by atoms with Gasteiger partial charge in [-0.3, -0.25) is 19.5 Å². The van der Waals surface area contributed by atoms with Gasteiger partial charge in [-0.05, 0) is 35.9 Å². The van der Waals surface area contributed by atoms with Gasteiger partial charge in [0, 0.05) is 18.5 Å². The highest BCUT2D eigenvalue weighted by Gasteiger charge is 2.36. The van der Waals surface area contributed by atoms with Crippen LogP contribution in [0.25, 0.3) is 11.0 Å². The van der Waals surface area contributed by atoms with Crippen LogP contribution in [0.4, 0.5) is 0 Å². The van der Waals surface area contributed by atoms with Crippen LogP contribution in [0, 0.1) is 0 Å². The normalized spacial score (nSPS) is 13.2. The van der Waals surface area contributed by atoms with Crippen molar-refractivity contribution in [3.8, 4) is 5.75 Å². The van der Waals surface area contributed by atoms with Crippen molar-refractivity contribution in [1.29, 1.82) is 0 Å². The van der Waals surface area contributed by atoms with Crippen molar-refractivity contribution >= 4 is 22.8 Å². The van der Waals surface area contributed by atoms with E-state index in [1.807, 2.05) is 34.9 Å². The fourth-order valence-corrected chi connectivity index (χ4v) is 3.77. The molecule has 0 bridgehead atoms. The number of aromatic nitrogens is 3. The zero-order chi connectivity index (χ0) is 20.7. The van der Waals surface area contributed by atoms with Crippen LogP contribution in [0.5, 0.6) is 5.75 Å². The van der Waals surface area contributed by atoms with Gasteiger partial charge in [0.2, 0.25) is 0 Å². The highest BCUT2D eigenvalue weighted by Crippen LogP contribution is 2.27. The lowest BCUT2D eigenvalue weighted by Gasteiger charge is -2.15. The quantitative estimate of drug-likeness (QED) is 0.482. The summed E-state index contributed by atoms with van der Waals surface area (Å²) in [5.41, 5.74) is 3.48. The number of carbonyl (C=O) groups is 2. The lowest BCUT2D eigenvalue weighted by Crippen LogP contribution is -2.30. The van der Waals surface area contributed by atoms with E-state index in [1.54, 1.807) is 43.8 Å². The number of nitrogens with zero attached hydrogens (tertiary/aromatic N) is 4. The number of amides is 2. The van der Waals surface area contributed by atoms with Gasteiger partial charge in [0.05, 0.1) is 42.4 Å². The molecule has 7 nitrogen and oxygen atoms in total. The minimum atomic E-state index is -0.298. The smallest absolute Gasteiger partial charge is 0.261 e. The first kappa shape index (κ1) is 18.1. The summed E-state index contributed by atoms with van der Waals surface area (Å²) >= 11 is 0. The number of ether oxygens (including phenoxy) is 1. The van der Waals surface area contributed by atoms with Crippen molar-refractivity contribution in [1.82, 2.24) is 19.4 Å². The Morgan fingerprint density at radius 1 is 0.933 bits per heavy atom. The Morgan fingerprint density at radius 2 is 1.70 bits per heavy atom. The molecule has 0 unspecified atom stereocenters. The van der Waals surface area contributed by atoms with E-state index >= 15 is 0 Å². The zero-order valence-electron chi connectivity index (χ0n) is 16.3. The molecule has 1 aliphatic rings. The average molecular weight is 398 g/mol. The van der Waals surface area contributed by atoms with Crippen LogP contribution in [-0.4, -0.2) is 38.4 Å². The molecule has 148 valence electrons. The molecule has 2 aromatic carbocycles. The number of pyridine rings is 1. The van der Waals surface area contributed by atoms with E-state index in [0.29, 0.717) is 29.2 Å². The fraction of sp³-hybridized carbons (Fsp3) is 0.130. The number of hydrogen-bond donors (Lipinski definition) is 0. The Balaban J connectivity index is 1.58. The molecule has 0 fully saturated rings. The Labute approximate surface area is 172 Å². The number of fused-ring (bicyclic) bond motifs is 2. The van der Waals surface area contributed by atoms with E-state index in [2.05, 4.69) is 4.98 Å². The molecular formula is C23H18N4O3. The number of imide groups is 1. The zero-order valence-corrected chi connectivity index (χ0v) is 16.3. The molecule has 5 rings (SSSR count). The SMILES string of the molecule is COc1ccc2nc(CN3C(=O)c4ccccc4C3=O)n(Cc3cccnc3)c2c1. The van der Waals surface area contributed by atoms with E-state index < -0.39 is 0 Å². The van der Waals surface area contributed by atoms with E-state index in [9.17, 15) is 9.59 Å². The largest absolute Gasteiger partial charge is 0.497 e. The van der Waals surface area contributed by atoms with Gasteiger partial charge in [-0.25, -0.2) is 4.98 Å². The van der Waals surface area contributed by atoms with Gasteiger partial charge in [0.15, 0.2) is 0 Å². The molecule has 1 aliphatic heterocycles. The fourth-order valence-electron chi connectivity index (χ4n) is 3.77. The van der Waals surface area contributed by atoms with Gasteiger partial charge in [-0.2, -0.15) is 0 Å². The van der Waals surface area contributed by atoms with Crippen molar-refractivity contribution in [2.45, 2.75) is 13.1 Å². The average Bonchev–Trinajstić information content (AvgIpc) is 3.24. The number of methoxy groups -OCH3 is 1. The summed E-state index contributed by atoms with van der Waals surface area (Å²) in [4.78, 5) is 35.8. The highest BCUT2D eigenvalue weighted by molar-refractivity contribution is 6.21.